The van der Waals surface area contributed by atoms with Crippen LogP contribution in [0.15, 0.2) is 24.3 Å². The van der Waals surface area contributed by atoms with Crippen molar-refractivity contribution in [1.29, 1.82) is 0 Å². The molecule has 0 atom stereocenters. The summed E-state index contributed by atoms with van der Waals surface area (Å²) in [5.41, 5.74) is 0.903. The van der Waals surface area contributed by atoms with Crippen molar-refractivity contribution in [3.63, 3.8) is 0 Å². The smallest absolute Gasteiger partial charge is 0.310 e. The molecule has 0 unspecified atom stereocenters. The van der Waals surface area contributed by atoms with Gasteiger partial charge in [-0.25, -0.2) is 4.39 Å². The van der Waals surface area contributed by atoms with Crippen molar-refractivity contribution < 1.29 is 19.1 Å². The molecule has 0 saturated carbocycles. The number of aryl methyl sites for hydroxylation is 1. The standard InChI is InChI=1S/C13H14FNO3/c14-11-4-1-9(2-5-11)3-6-12(16)15-7-10(8-15)13(17)18/h1-2,4-5,10H,3,6-8H2,(H,17,18). The molecule has 1 heterocycles. The van der Waals surface area contributed by atoms with Gasteiger partial charge in [0.1, 0.15) is 5.82 Å². The topological polar surface area (TPSA) is 57.6 Å². The first-order chi connectivity index (χ1) is 8.56. The Morgan fingerprint density at radius 2 is 1.89 bits per heavy atom. The molecule has 0 aromatic heterocycles. The third-order valence-corrected chi connectivity index (χ3v) is 3.12. The van der Waals surface area contributed by atoms with Gasteiger partial charge < -0.3 is 10.0 Å². The summed E-state index contributed by atoms with van der Waals surface area (Å²) in [5.74, 6) is -1.61. The van der Waals surface area contributed by atoms with Crippen molar-refractivity contribution in [1.82, 2.24) is 4.90 Å². The molecule has 1 aromatic rings. The second-order valence-electron chi connectivity index (χ2n) is 4.46. The molecule has 4 nitrogen and oxygen atoms in total. The van der Waals surface area contributed by atoms with Gasteiger partial charge in [0.25, 0.3) is 0 Å². The number of rotatable bonds is 4. The minimum atomic E-state index is -0.849. The van der Waals surface area contributed by atoms with E-state index in [1.165, 1.54) is 12.1 Å². The zero-order valence-electron chi connectivity index (χ0n) is 9.80. The van der Waals surface area contributed by atoms with Crippen molar-refractivity contribution in [3.8, 4) is 0 Å². The number of carboxylic acids is 1. The third-order valence-electron chi connectivity index (χ3n) is 3.12. The van der Waals surface area contributed by atoms with E-state index in [0.29, 0.717) is 25.9 Å². The minimum absolute atomic E-state index is 0.0446. The number of hydrogen-bond acceptors (Lipinski definition) is 2. The van der Waals surface area contributed by atoms with Gasteiger partial charge in [-0.05, 0) is 24.1 Å². The van der Waals surface area contributed by atoms with E-state index < -0.39 is 11.9 Å². The molecule has 0 spiro atoms. The van der Waals surface area contributed by atoms with Crippen LogP contribution in [0.5, 0.6) is 0 Å². The Morgan fingerprint density at radius 3 is 2.44 bits per heavy atom. The summed E-state index contributed by atoms with van der Waals surface area (Å²) in [4.78, 5) is 23.8. The van der Waals surface area contributed by atoms with Gasteiger partial charge in [-0.1, -0.05) is 12.1 Å². The average Bonchev–Trinajstić information content (AvgIpc) is 2.25. The first-order valence-corrected chi connectivity index (χ1v) is 5.81. The number of benzene rings is 1. The summed E-state index contributed by atoms with van der Waals surface area (Å²) in [7, 11) is 0. The number of amides is 1. The summed E-state index contributed by atoms with van der Waals surface area (Å²) >= 11 is 0. The largest absolute Gasteiger partial charge is 0.481 e. The average molecular weight is 251 g/mol. The van der Waals surface area contributed by atoms with E-state index >= 15 is 0 Å². The molecule has 0 aliphatic carbocycles. The van der Waals surface area contributed by atoms with Crippen LogP contribution in [0.1, 0.15) is 12.0 Å². The Balaban J connectivity index is 1.76. The molecule has 1 aromatic carbocycles. The van der Waals surface area contributed by atoms with Crippen LogP contribution in [0.3, 0.4) is 0 Å². The number of likely N-dealkylation sites (tertiary alicyclic amines) is 1. The van der Waals surface area contributed by atoms with Gasteiger partial charge >= 0.3 is 5.97 Å². The highest BCUT2D eigenvalue weighted by Crippen LogP contribution is 2.17. The zero-order chi connectivity index (χ0) is 13.1. The molecule has 0 bridgehead atoms. The van der Waals surface area contributed by atoms with Crippen LogP contribution in [-0.2, 0) is 16.0 Å². The van der Waals surface area contributed by atoms with Crippen LogP contribution in [-0.4, -0.2) is 35.0 Å². The molecule has 18 heavy (non-hydrogen) atoms. The van der Waals surface area contributed by atoms with Crippen molar-refractivity contribution in [3.05, 3.63) is 35.6 Å². The van der Waals surface area contributed by atoms with E-state index in [2.05, 4.69) is 0 Å². The van der Waals surface area contributed by atoms with Gasteiger partial charge in [0.2, 0.25) is 5.91 Å². The number of carboxylic acid groups (broad SMARTS) is 1. The molecule has 1 amide bonds. The monoisotopic (exact) mass is 251 g/mol. The van der Waals surface area contributed by atoms with Crippen molar-refractivity contribution >= 4 is 11.9 Å². The molecule has 5 heteroatoms. The van der Waals surface area contributed by atoms with E-state index in [0.717, 1.165) is 5.56 Å². The summed E-state index contributed by atoms with van der Waals surface area (Å²) < 4.78 is 12.7. The zero-order valence-corrected chi connectivity index (χ0v) is 9.80. The molecule has 1 aliphatic rings. The highest BCUT2D eigenvalue weighted by atomic mass is 19.1. The summed E-state index contributed by atoms with van der Waals surface area (Å²) in [6.45, 7) is 0.606. The molecule has 2 rings (SSSR count). The molecular weight excluding hydrogens is 237 g/mol. The molecule has 1 N–H and O–H groups in total. The van der Waals surface area contributed by atoms with Crippen LogP contribution >= 0.6 is 0 Å². The number of carbonyl (C=O) groups excluding carboxylic acids is 1. The normalized spacial score (nSPS) is 15.3. The fourth-order valence-corrected chi connectivity index (χ4v) is 1.90. The Labute approximate surface area is 104 Å². The maximum absolute atomic E-state index is 12.7. The van der Waals surface area contributed by atoms with Gasteiger partial charge in [-0.15, -0.1) is 0 Å². The fourth-order valence-electron chi connectivity index (χ4n) is 1.90. The van der Waals surface area contributed by atoms with Crippen LogP contribution in [0.4, 0.5) is 4.39 Å². The molecule has 0 radical (unpaired) electrons. The second-order valence-corrected chi connectivity index (χ2v) is 4.46. The SMILES string of the molecule is O=C(O)C1CN(C(=O)CCc2ccc(F)cc2)C1. The predicted octanol–water partition coefficient (Wildman–Crippen LogP) is 1.30. The molecule has 1 fully saturated rings. The number of aliphatic carboxylic acids is 1. The molecule has 1 aliphatic heterocycles. The van der Waals surface area contributed by atoms with E-state index in [4.69, 9.17) is 5.11 Å². The fraction of sp³-hybridized carbons (Fsp3) is 0.385. The van der Waals surface area contributed by atoms with E-state index in [9.17, 15) is 14.0 Å². The van der Waals surface area contributed by atoms with Crippen molar-refractivity contribution in [2.75, 3.05) is 13.1 Å². The predicted molar refractivity (Wildman–Crippen MR) is 62.4 cm³/mol. The Kier molecular flexibility index (Phi) is 3.60. The highest BCUT2D eigenvalue weighted by Gasteiger charge is 2.34. The van der Waals surface area contributed by atoms with Crippen LogP contribution in [0.2, 0.25) is 0 Å². The van der Waals surface area contributed by atoms with E-state index in [-0.39, 0.29) is 11.7 Å². The number of nitrogens with zero attached hydrogens (tertiary/aromatic N) is 1. The lowest BCUT2D eigenvalue weighted by atomic mass is 9.99. The molecule has 96 valence electrons. The van der Waals surface area contributed by atoms with Gasteiger partial charge in [-0.2, -0.15) is 0 Å². The number of carbonyl (C=O) groups is 2. The Bertz CT molecular complexity index is 452. The lowest BCUT2D eigenvalue weighted by Gasteiger charge is -2.36. The van der Waals surface area contributed by atoms with Crippen molar-refractivity contribution in [2.45, 2.75) is 12.8 Å². The second kappa shape index (κ2) is 5.16. The van der Waals surface area contributed by atoms with Crippen LogP contribution < -0.4 is 0 Å². The molecule has 1 saturated heterocycles. The first kappa shape index (κ1) is 12.5. The highest BCUT2D eigenvalue weighted by molar-refractivity contribution is 5.81. The van der Waals surface area contributed by atoms with Gasteiger partial charge in [0.15, 0.2) is 0 Å². The maximum atomic E-state index is 12.7. The Morgan fingerprint density at radius 1 is 1.28 bits per heavy atom. The summed E-state index contributed by atoms with van der Waals surface area (Å²) in [5, 5.41) is 8.69. The Hall–Kier alpha value is -1.91. The summed E-state index contributed by atoms with van der Waals surface area (Å²) in [6.07, 6.45) is 0.880. The van der Waals surface area contributed by atoms with Crippen LogP contribution in [0.25, 0.3) is 0 Å². The van der Waals surface area contributed by atoms with Gasteiger partial charge in [0.05, 0.1) is 5.92 Å². The molecular formula is C13H14FNO3. The number of hydrogen-bond donors (Lipinski definition) is 1. The third kappa shape index (κ3) is 2.85. The van der Waals surface area contributed by atoms with Crippen molar-refractivity contribution in [2.24, 2.45) is 5.92 Å². The number of halogens is 1. The van der Waals surface area contributed by atoms with Gasteiger partial charge in [0, 0.05) is 19.5 Å². The van der Waals surface area contributed by atoms with E-state index in [1.807, 2.05) is 0 Å². The quantitative estimate of drug-likeness (QED) is 0.877. The van der Waals surface area contributed by atoms with Crippen LogP contribution in [0, 0.1) is 11.7 Å². The lowest BCUT2D eigenvalue weighted by molar-refractivity contribution is -0.152. The van der Waals surface area contributed by atoms with E-state index in [1.54, 1.807) is 17.0 Å². The lowest BCUT2D eigenvalue weighted by Crippen LogP contribution is -2.53. The van der Waals surface area contributed by atoms with Gasteiger partial charge in [-0.3, -0.25) is 9.59 Å². The first-order valence-electron chi connectivity index (χ1n) is 5.81. The maximum Gasteiger partial charge on any atom is 0.310 e. The minimum Gasteiger partial charge on any atom is -0.481 e. The summed E-state index contributed by atoms with van der Waals surface area (Å²) in [6, 6.07) is 6.03.